The van der Waals surface area contributed by atoms with Gasteiger partial charge in [0.05, 0.1) is 0 Å². The zero-order valence-electron chi connectivity index (χ0n) is 10.5. The largest absolute Gasteiger partial charge is 0.306 e. The molecule has 0 aromatic heterocycles. The normalized spacial score (nSPS) is 12.4. The van der Waals surface area contributed by atoms with Crippen molar-refractivity contribution in [1.29, 1.82) is 0 Å². The Bertz CT molecular complexity index is 555. The Hall–Kier alpha value is -1.09. The summed E-state index contributed by atoms with van der Waals surface area (Å²) in [6, 6.07) is 11.9. The molecular weight excluding hydrogens is 284 g/mol. The van der Waals surface area contributed by atoms with Crippen LogP contribution in [0.2, 0.25) is 10.0 Å². The molecule has 4 heteroatoms. The van der Waals surface area contributed by atoms with Crippen molar-refractivity contribution in [2.24, 2.45) is 0 Å². The van der Waals surface area contributed by atoms with Crippen LogP contribution in [0.1, 0.15) is 24.1 Å². The van der Waals surface area contributed by atoms with Gasteiger partial charge in [0, 0.05) is 22.6 Å². The number of hydrogen-bond acceptors (Lipinski definition) is 1. The molecule has 100 valence electrons. The van der Waals surface area contributed by atoms with Crippen molar-refractivity contribution in [2.75, 3.05) is 0 Å². The van der Waals surface area contributed by atoms with E-state index >= 15 is 0 Å². The first-order chi connectivity index (χ1) is 9.06. The lowest BCUT2D eigenvalue weighted by Crippen LogP contribution is -2.18. The third-order valence-electron chi connectivity index (χ3n) is 2.98. The molecule has 2 aromatic rings. The standard InChI is InChI=1S/C15H14Cl2FN/c1-10(11-2-5-14(18)6-3-11)19-9-12-8-13(16)4-7-15(12)17/h2-8,10,19H,9H2,1H3/t10-/m1/s1. The summed E-state index contributed by atoms with van der Waals surface area (Å²) in [4.78, 5) is 0. The van der Waals surface area contributed by atoms with E-state index in [9.17, 15) is 4.39 Å². The first kappa shape index (κ1) is 14.3. The molecule has 0 amide bonds. The van der Waals surface area contributed by atoms with Gasteiger partial charge < -0.3 is 5.32 Å². The molecule has 0 saturated heterocycles. The predicted molar refractivity (Wildman–Crippen MR) is 78.1 cm³/mol. The summed E-state index contributed by atoms with van der Waals surface area (Å²) >= 11 is 12.0. The van der Waals surface area contributed by atoms with E-state index in [4.69, 9.17) is 23.2 Å². The zero-order chi connectivity index (χ0) is 13.8. The highest BCUT2D eigenvalue weighted by Gasteiger charge is 2.07. The smallest absolute Gasteiger partial charge is 0.123 e. The molecule has 0 spiro atoms. The van der Waals surface area contributed by atoms with Crippen LogP contribution in [0.5, 0.6) is 0 Å². The Labute approximate surface area is 122 Å². The van der Waals surface area contributed by atoms with Crippen molar-refractivity contribution in [2.45, 2.75) is 19.5 Å². The van der Waals surface area contributed by atoms with Crippen molar-refractivity contribution in [1.82, 2.24) is 5.32 Å². The van der Waals surface area contributed by atoms with Crippen molar-refractivity contribution in [3.05, 3.63) is 69.5 Å². The van der Waals surface area contributed by atoms with E-state index in [-0.39, 0.29) is 11.9 Å². The minimum Gasteiger partial charge on any atom is -0.306 e. The fourth-order valence-corrected chi connectivity index (χ4v) is 2.19. The van der Waals surface area contributed by atoms with Crippen LogP contribution < -0.4 is 5.32 Å². The van der Waals surface area contributed by atoms with E-state index in [1.54, 1.807) is 24.3 Å². The van der Waals surface area contributed by atoms with Gasteiger partial charge in [0.2, 0.25) is 0 Å². The molecule has 1 N–H and O–H groups in total. The zero-order valence-corrected chi connectivity index (χ0v) is 12.0. The molecule has 1 atom stereocenters. The third-order valence-corrected chi connectivity index (χ3v) is 3.58. The molecule has 0 aliphatic rings. The Morgan fingerprint density at radius 3 is 2.47 bits per heavy atom. The number of nitrogens with one attached hydrogen (secondary N) is 1. The molecule has 0 bridgehead atoms. The SMILES string of the molecule is C[C@@H](NCc1cc(Cl)ccc1Cl)c1ccc(F)cc1. The van der Waals surface area contributed by atoms with Crippen molar-refractivity contribution < 1.29 is 4.39 Å². The number of benzene rings is 2. The maximum absolute atomic E-state index is 12.8. The second kappa shape index (κ2) is 6.38. The lowest BCUT2D eigenvalue weighted by Gasteiger charge is -2.15. The molecular formula is C15H14Cl2FN. The maximum Gasteiger partial charge on any atom is 0.123 e. The second-order valence-electron chi connectivity index (χ2n) is 4.39. The maximum atomic E-state index is 12.8. The van der Waals surface area contributed by atoms with E-state index in [0.29, 0.717) is 16.6 Å². The Balaban J connectivity index is 2.02. The molecule has 0 aliphatic heterocycles. The third kappa shape index (κ3) is 3.93. The van der Waals surface area contributed by atoms with Gasteiger partial charge in [-0.05, 0) is 48.4 Å². The van der Waals surface area contributed by atoms with Crippen LogP contribution in [-0.4, -0.2) is 0 Å². The van der Waals surface area contributed by atoms with E-state index in [0.717, 1.165) is 11.1 Å². The molecule has 0 radical (unpaired) electrons. The van der Waals surface area contributed by atoms with Crippen LogP contribution in [0, 0.1) is 5.82 Å². The summed E-state index contributed by atoms with van der Waals surface area (Å²) in [5.41, 5.74) is 1.97. The van der Waals surface area contributed by atoms with Crippen LogP contribution >= 0.6 is 23.2 Å². The lowest BCUT2D eigenvalue weighted by molar-refractivity contribution is 0.571. The van der Waals surface area contributed by atoms with Gasteiger partial charge in [-0.15, -0.1) is 0 Å². The summed E-state index contributed by atoms with van der Waals surface area (Å²) in [6.07, 6.45) is 0. The summed E-state index contributed by atoms with van der Waals surface area (Å²) in [5, 5.41) is 4.68. The molecule has 0 heterocycles. The van der Waals surface area contributed by atoms with Gasteiger partial charge in [-0.1, -0.05) is 35.3 Å². The van der Waals surface area contributed by atoms with E-state index < -0.39 is 0 Å². The molecule has 2 aromatic carbocycles. The molecule has 1 nitrogen and oxygen atoms in total. The van der Waals surface area contributed by atoms with Crippen LogP contribution in [-0.2, 0) is 6.54 Å². The molecule has 0 unspecified atom stereocenters. The minimum atomic E-state index is -0.228. The molecule has 2 rings (SSSR count). The highest BCUT2D eigenvalue weighted by atomic mass is 35.5. The van der Waals surface area contributed by atoms with E-state index in [2.05, 4.69) is 5.32 Å². The first-order valence-corrected chi connectivity index (χ1v) is 6.74. The van der Waals surface area contributed by atoms with Gasteiger partial charge in [-0.2, -0.15) is 0 Å². The van der Waals surface area contributed by atoms with E-state index in [1.165, 1.54) is 12.1 Å². The minimum absolute atomic E-state index is 0.107. The van der Waals surface area contributed by atoms with Gasteiger partial charge in [0.15, 0.2) is 0 Å². The van der Waals surface area contributed by atoms with Gasteiger partial charge in [-0.25, -0.2) is 4.39 Å². The Morgan fingerprint density at radius 2 is 1.79 bits per heavy atom. The van der Waals surface area contributed by atoms with Crippen molar-refractivity contribution in [3.8, 4) is 0 Å². The molecule has 0 saturated carbocycles. The van der Waals surface area contributed by atoms with Crippen LogP contribution in [0.3, 0.4) is 0 Å². The summed E-state index contributed by atoms with van der Waals surface area (Å²) in [7, 11) is 0. The second-order valence-corrected chi connectivity index (χ2v) is 5.23. The van der Waals surface area contributed by atoms with Crippen LogP contribution in [0.15, 0.2) is 42.5 Å². The average molecular weight is 298 g/mol. The quantitative estimate of drug-likeness (QED) is 0.839. The van der Waals surface area contributed by atoms with Gasteiger partial charge >= 0.3 is 0 Å². The van der Waals surface area contributed by atoms with Gasteiger partial charge in [-0.3, -0.25) is 0 Å². The summed E-state index contributed by atoms with van der Waals surface area (Å²) < 4.78 is 12.8. The molecule has 19 heavy (non-hydrogen) atoms. The molecule has 0 aliphatic carbocycles. The number of hydrogen-bond donors (Lipinski definition) is 1. The van der Waals surface area contributed by atoms with Gasteiger partial charge in [0.25, 0.3) is 0 Å². The highest BCUT2D eigenvalue weighted by molar-refractivity contribution is 6.33. The Kier molecular flexibility index (Phi) is 4.81. The topological polar surface area (TPSA) is 12.0 Å². The van der Waals surface area contributed by atoms with Crippen LogP contribution in [0.25, 0.3) is 0 Å². The summed E-state index contributed by atoms with van der Waals surface area (Å²) in [5.74, 6) is -0.228. The number of halogens is 3. The Morgan fingerprint density at radius 1 is 1.11 bits per heavy atom. The predicted octanol–water partition coefficient (Wildman–Crippen LogP) is 4.98. The summed E-state index contributed by atoms with van der Waals surface area (Å²) in [6.45, 7) is 2.63. The van der Waals surface area contributed by atoms with Crippen molar-refractivity contribution >= 4 is 23.2 Å². The fraction of sp³-hybridized carbons (Fsp3) is 0.200. The van der Waals surface area contributed by atoms with Crippen molar-refractivity contribution in [3.63, 3.8) is 0 Å². The van der Waals surface area contributed by atoms with Gasteiger partial charge in [0.1, 0.15) is 5.82 Å². The average Bonchev–Trinajstić information content (AvgIpc) is 2.40. The number of rotatable bonds is 4. The van der Waals surface area contributed by atoms with E-state index in [1.807, 2.05) is 13.0 Å². The molecule has 0 fully saturated rings. The monoisotopic (exact) mass is 297 g/mol. The first-order valence-electron chi connectivity index (χ1n) is 5.99. The fourth-order valence-electron chi connectivity index (χ4n) is 1.81. The highest BCUT2D eigenvalue weighted by Crippen LogP contribution is 2.21. The van der Waals surface area contributed by atoms with Crippen LogP contribution in [0.4, 0.5) is 4.39 Å². The lowest BCUT2D eigenvalue weighted by atomic mass is 10.1.